The highest BCUT2D eigenvalue weighted by Crippen LogP contribution is 2.37. The van der Waals surface area contributed by atoms with Crippen LogP contribution in [-0.4, -0.2) is 53.1 Å². The molecule has 18 heavy (non-hydrogen) atoms. The van der Waals surface area contributed by atoms with Crippen molar-refractivity contribution in [2.45, 2.75) is 36.9 Å². The lowest BCUT2D eigenvalue weighted by atomic mass is 9.88. The zero-order valence-electron chi connectivity index (χ0n) is 11.1. The van der Waals surface area contributed by atoms with Crippen molar-refractivity contribution in [1.82, 2.24) is 10.2 Å². The van der Waals surface area contributed by atoms with Gasteiger partial charge in [0.05, 0.1) is 0 Å². The highest BCUT2D eigenvalue weighted by molar-refractivity contribution is 8.00. The molecule has 2 amide bonds. The van der Waals surface area contributed by atoms with Crippen LogP contribution in [-0.2, 0) is 4.79 Å². The first-order valence-corrected chi connectivity index (χ1v) is 7.47. The summed E-state index contributed by atoms with van der Waals surface area (Å²) in [6, 6.07) is -0.309. The van der Waals surface area contributed by atoms with Gasteiger partial charge in [0, 0.05) is 18.3 Å². The number of urea groups is 1. The molecule has 1 saturated carbocycles. The van der Waals surface area contributed by atoms with E-state index in [9.17, 15) is 9.59 Å². The molecular formula is C12H22N2O3S. The van der Waals surface area contributed by atoms with Crippen molar-refractivity contribution in [3.63, 3.8) is 0 Å². The second-order valence-electron chi connectivity index (χ2n) is 4.86. The Bertz CT molecular complexity index is 304. The Balaban J connectivity index is 2.42. The standard InChI is InChI=1S/C12H22N2O3S/c1-14(8-10(15)16)11(17)13-9-12(18-2)6-4-3-5-7-12/h3-9H2,1-2H3,(H,13,17)(H,15,16). The predicted octanol–water partition coefficient (Wildman–Crippen LogP) is 1.78. The molecule has 1 aliphatic rings. The smallest absolute Gasteiger partial charge is 0.323 e. The maximum atomic E-state index is 11.7. The highest BCUT2D eigenvalue weighted by atomic mass is 32.2. The van der Waals surface area contributed by atoms with Gasteiger partial charge in [0.15, 0.2) is 0 Å². The van der Waals surface area contributed by atoms with Crippen LogP contribution in [0.4, 0.5) is 4.79 Å². The van der Waals surface area contributed by atoms with E-state index in [4.69, 9.17) is 5.11 Å². The van der Waals surface area contributed by atoms with E-state index in [1.165, 1.54) is 31.2 Å². The molecule has 0 radical (unpaired) electrons. The van der Waals surface area contributed by atoms with Crippen molar-refractivity contribution >= 4 is 23.8 Å². The van der Waals surface area contributed by atoms with E-state index in [0.29, 0.717) is 6.54 Å². The first-order chi connectivity index (χ1) is 8.49. The van der Waals surface area contributed by atoms with Gasteiger partial charge in [-0.1, -0.05) is 19.3 Å². The molecule has 104 valence electrons. The third kappa shape index (κ3) is 4.40. The number of nitrogens with one attached hydrogen (secondary N) is 1. The summed E-state index contributed by atoms with van der Waals surface area (Å²) < 4.78 is 0.137. The quantitative estimate of drug-likeness (QED) is 0.801. The Kier molecular flexibility index (Phi) is 5.78. The number of carboxylic acid groups (broad SMARTS) is 1. The van der Waals surface area contributed by atoms with Crippen LogP contribution in [0.1, 0.15) is 32.1 Å². The van der Waals surface area contributed by atoms with Gasteiger partial charge in [0.2, 0.25) is 0 Å². The lowest BCUT2D eigenvalue weighted by molar-refractivity contribution is -0.137. The number of carbonyl (C=O) groups excluding carboxylic acids is 1. The van der Waals surface area contributed by atoms with Gasteiger partial charge in [-0.25, -0.2) is 4.79 Å². The summed E-state index contributed by atoms with van der Waals surface area (Å²) in [4.78, 5) is 23.4. The molecule has 0 bridgehead atoms. The molecule has 1 rings (SSSR count). The van der Waals surface area contributed by atoms with Crippen molar-refractivity contribution in [2.24, 2.45) is 0 Å². The summed E-state index contributed by atoms with van der Waals surface area (Å²) in [5.41, 5.74) is 0. The average molecular weight is 274 g/mol. The van der Waals surface area contributed by atoms with E-state index in [1.807, 2.05) is 11.8 Å². The number of thioether (sulfide) groups is 1. The van der Waals surface area contributed by atoms with E-state index in [0.717, 1.165) is 12.8 Å². The average Bonchev–Trinajstić information content (AvgIpc) is 2.36. The maximum absolute atomic E-state index is 11.7. The number of carbonyl (C=O) groups is 2. The number of likely N-dealkylation sites (N-methyl/N-ethyl adjacent to an activating group) is 1. The fraction of sp³-hybridized carbons (Fsp3) is 0.833. The number of aliphatic carboxylic acids is 1. The molecule has 0 aromatic carbocycles. The Morgan fingerprint density at radius 3 is 2.44 bits per heavy atom. The summed E-state index contributed by atoms with van der Waals surface area (Å²) in [7, 11) is 1.50. The van der Waals surface area contributed by atoms with Gasteiger partial charge in [-0.2, -0.15) is 11.8 Å². The number of rotatable bonds is 5. The minimum atomic E-state index is -0.995. The first kappa shape index (κ1) is 15.1. The van der Waals surface area contributed by atoms with E-state index in [1.54, 1.807) is 0 Å². The first-order valence-electron chi connectivity index (χ1n) is 6.25. The summed E-state index contributed by atoms with van der Waals surface area (Å²) in [5.74, 6) is -0.995. The Morgan fingerprint density at radius 2 is 1.94 bits per heavy atom. The largest absolute Gasteiger partial charge is 0.480 e. The minimum absolute atomic E-state index is 0.137. The number of amides is 2. The molecule has 0 spiro atoms. The summed E-state index contributed by atoms with van der Waals surface area (Å²) in [6.07, 6.45) is 8.02. The van der Waals surface area contributed by atoms with Gasteiger partial charge in [-0.15, -0.1) is 0 Å². The molecule has 2 N–H and O–H groups in total. The fourth-order valence-corrected chi connectivity index (χ4v) is 3.21. The fourth-order valence-electron chi connectivity index (χ4n) is 2.30. The number of nitrogens with zero attached hydrogens (tertiary/aromatic N) is 1. The summed E-state index contributed by atoms with van der Waals surface area (Å²) in [6.45, 7) is 0.356. The van der Waals surface area contributed by atoms with Gasteiger partial charge < -0.3 is 15.3 Å². The van der Waals surface area contributed by atoms with Crippen molar-refractivity contribution in [1.29, 1.82) is 0 Å². The van der Waals surface area contributed by atoms with Crippen molar-refractivity contribution in [2.75, 3.05) is 26.4 Å². The van der Waals surface area contributed by atoms with Crippen LogP contribution < -0.4 is 5.32 Å². The number of hydrogen-bond acceptors (Lipinski definition) is 3. The Hall–Kier alpha value is -0.910. The Morgan fingerprint density at radius 1 is 1.33 bits per heavy atom. The van der Waals surface area contributed by atoms with Crippen molar-refractivity contribution in [3.05, 3.63) is 0 Å². The van der Waals surface area contributed by atoms with Crippen molar-refractivity contribution < 1.29 is 14.7 Å². The molecule has 0 unspecified atom stereocenters. The lowest BCUT2D eigenvalue weighted by Crippen LogP contribution is -2.47. The number of carboxylic acids is 1. The molecule has 1 fully saturated rings. The molecule has 5 nitrogen and oxygen atoms in total. The van der Waals surface area contributed by atoms with Gasteiger partial charge in [0.1, 0.15) is 6.54 Å². The maximum Gasteiger partial charge on any atom is 0.323 e. The normalized spacial score (nSPS) is 18.1. The van der Waals surface area contributed by atoms with Crippen LogP contribution in [0.2, 0.25) is 0 Å². The molecule has 1 aliphatic carbocycles. The predicted molar refractivity (Wildman–Crippen MR) is 73.0 cm³/mol. The van der Waals surface area contributed by atoms with E-state index in [2.05, 4.69) is 11.6 Å². The Labute approximate surface area is 112 Å². The van der Waals surface area contributed by atoms with Gasteiger partial charge >= 0.3 is 12.0 Å². The van der Waals surface area contributed by atoms with E-state index in [-0.39, 0.29) is 17.3 Å². The van der Waals surface area contributed by atoms with Crippen LogP contribution in [0.3, 0.4) is 0 Å². The summed E-state index contributed by atoms with van der Waals surface area (Å²) >= 11 is 1.81. The molecule has 0 aromatic rings. The molecule has 6 heteroatoms. The monoisotopic (exact) mass is 274 g/mol. The molecule has 0 aliphatic heterocycles. The van der Waals surface area contributed by atoms with Crippen LogP contribution in [0, 0.1) is 0 Å². The molecule has 0 saturated heterocycles. The molecule has 0 aromatic heterocycles. The van der Waals surface area contributed by atoms with Gasteiger partial charge in [-0.3, -0.25) is 4.79 Å². The van der Waals surface area contributed by atoms with Crippen LogP contribution in [0.25, 0.3) is 0 Å². The zero-order valence-corrected chi connectivity index (χ0v) is 11.9. The minimum Gasteiger partial charge on any atom is -0.480 e. The summed E-state index contributed by atoms with van der Waals surface area (Å²) in [5, 5.41) is 11.5. The third-order valence-electron chi connectivity index (χ3n) is 3.48. The number of hydrogen-bond donors (Lipinski definition) is 2. The molecule has 0 heterocycles. The van der Waals surface area contributed by atoms with Crippen LogP contribution in [0.5, 0.6) is 0 Å². The van der Waals surface area contributed by atoms with Crippen molar-refractivity contribution in [3.8, 4) is 0 Å². The SMILES string of the molecule is CSC1(CNC(=O)N(C)CC(=O)O)CCCCC1. The second-order valence-corrected chi connectivity index (χ2v) is 6.13. The van der Waals surface area contributed by atoms with Gasteiger partial charge in [-0.05, 0) is 19.1 Å². The molecule has 0 atom stereocenters. The second kappa shape index (κ2) is 6.87. The topological polar surface area (TPSA) is 69.6 Å². The molecular weight excluding hydrogens is 252 g/mol. The van der Waals surface area contributed by atoms with Crippen LogP contribution in [0.15, 0.2) is 0 Å². The highest BCUT2D eigenvalue weighted by Gasteiger charge is 2.31. The van der Waals surface area contributed by atoms with E-state index >= 15 is 0 Å². The lowest BCUT2D eigenvalue weighted by Gasteiger charge is -2.36. The zero-order chi connectivity index (χ0) is 13.6. The van der Waals surface area contributed by atoms with E-state index < -0.39 is 5.97 Å². The van der Waals surface area contributed by atoms with Gasteiger partial charge in [0.25, 0.3) is 0 Å². The van der Waals surface area contributed by atoms with Crippen LogP contribution >= 0.6 is 11.8 Å². The third-order valence-corrected chi connectivity index (χ3v) is 4.90.